The molecule has 1 unspecified atom stereocenters. The Morgan fingerprint density at radius 3 is 2.65 bits per heavy atom. The summed E-state index contributed by atoms with van der Waals surface area (Å²) >= 11 is 0. The summed E-state index contributed by atoms with van der Waals surface area (Å²) in [6.45, 7) is 14.4. The zero-order valence-corrected chi connectivity index (χ0v) is 13.9. The fourth-order valence-electron chi connectivity index (χ4n) is 2.71. The summed E-state index contributed by atoms with van der Waals surface area (Å²) in [6, 6.07) is 0. The van der Waals surface area contributed by atoms with Crippen molar-refractivity contribution in [3.8, 4) is 0 Å². The number of nitrogens with one attached hydrogen (secondary N) is 1. The largest absolute Gasteiger partial charge is 0.316 e. The van der Waals surface area contributed by atoms with E-state index in [2.05, 4.69) is 54.7 Å². The molecule has 1 aromatic heterocycles. The third kappa shape index (κ3) is 5.61. The van der Waals surface area contributed by atoms with Crippen molar-refractivity contribution in [1.29, 1.82) is 0 Å². The van der Waals surface area contributed by atoms with Crippen molar-refractivity contribution < 1.29 is 0 Å². The van der Waals surface area contributed by atoms with Crippen LogP contribution < -0.4 is 5.32 Å². The molecule has 4 heteroatoms. The Morgan fingerprint density at radius 1 is 1.30 bits per heavy atom. The molecule has 0 aromatic carbocycles. The van der Waals surface area contributed by atoms with Gasteiger partial charge in [0.2, 0.25) is 0 Å². The summed E-state index contributed by atoms with van der Waals surface area (Å²) in [6.07, 6.45) is 6.32. The zero-order chi connectivity index (χ0) is 15.0. The summed E-state index contributed by atoms with van der Waals surface area (Å²) in [4.78, 5) is 4.49. The second kappa shape index (κ2) is 8.40. The molecule has 116 valence electrons. The predicted octanol–water partition coefficient (Wildman–Crippen LogP) is 3.28. The van der Waals surface area contributed by atoms with Crippen molar-refractivity contribution >= 4 is 0 Å². The number of nitrogens with zero attached hydrogens (tertiary/aromatic N) is 3. The van der Waals surface area contributed by atoms with Crippen LogP contribution in [0.15, 0.2) is 6.33 Å². The minimum absolute atomic E-state index is 0.270. The van der Waals surface area contributed by atoms with Gasteiger partial charge >= 0.3 is 0 Å². The molecule has 0 radical (unpaired) electrons. The molecular weight excluding hydrogens is 248 g/mol. The maximum atomic E-state index is 4.49. The van der Waals surface area contributed by atoms with E-state index < -0.39 is 0 Å². The summed E-state index contributed by atoms with van der Waals surface area (Å²) < 4.78 is 2.08. The number of rotatable bonds is 10. The van der Waals surface area contributed by atoms with Gasteiger partial charge in [-0.25, -0.2) is 9.67 Å². The molecule has 0 saturated heterocycles. The minimum Gasteiger partial charge on any atom is -0.316 e. The van der Waals surface area contributed by atoms with Gasteiger partial charge < -0.3 is 5.32 Å². The SMILES string of the molecule is CCCNCC(C)(CCC)Cc1ncnn1CC(C)C. The molecule has 0 aliphatic rings. The van der Waals surface area contributed by atoms with E-state index in [0.717, 1.165) is 31.9 Å². The van der Waals surface area contributed by atoms with Crippen LogP contribution in [0.4, 0.5) is 0 Å². The highest BCUT2D eigenvalue weighted by molar-refractivity contribution is 4.93. The molecule has 0 bridgehead atoms. The second-order valence-electron chi connectivity index (χ2n) is 6.67. The normalized spacial score (nSPS) is 14.7. The van der Waals surface area contributed by atoms with Crippen LogP contribution in [-0.2, 0) is 13.0 Å². The first-order chi connectivity index (χ1) is 9.50. The molecule has 0 aliphatic heterocycles. The van der Waals surface area contributed by atoms with Gasteiger partial charge in [0.1, 0.15) is 12.2 Å². The highest BCUT2D eigenvalue weighted by Gasteiger charge is 2.26. The van der Waals surface area contributed by atoms with Crippen molar-refractivity contribution in [2.24, 2.45) is 11.3 Å². The number of aromatic nitrogens is 3. The van der Waals surface area contributed by atoms with Crippen LogP contribution in [0.3, 0.4) is 0 Å². The Morgan fingerprint density at radius 2 is 2.05 bits per heavy atom. The van der Waals surface area contributed by atoms with Crippen LogP contribution in [0.25, 0.3) is 0 Å². The van der Waals surface area contributed by atoms with Crippen LogP contribution in [-0.4, -0.2) is 27.9 Å². The Kier molecular flexibility index (Phi) is 7.20. The molecule has 20 heavy (non-hydrogen) atoms. The first-order valence-corrected chi connectivity index (χ1v) is 8.08. The Labute approximate surface area is 124 Å². The van der Waals surface area contributed by atoms with E-state index in [1.807, 2.05) is 0 Å². The molecule has 1 N–H and O–H groups in total. The van der Waals surface area contributed by atoms with E-state index in [9.17, 15) is 0 Å². The lowest BCUT2D eigenvalue weighted by Gasteiger charge is -2.29. The fourth-order valence-corrected chi connectivity index (χ4v) is 2.71. The summed E-state index contributed by atoms with van der Waals surface area (Å²) in [7, 11) is 0. The summed E-state index contributed by atoms with van der Waals surface area (Å²) in [5.41, 5.74) is 0.270. The van der Waals surface area contributed by atoms with Crippen LogP contribution in [0, 0.1) is 11.3 Å². The monoisotopic (exact) mass is 280 g/mol. The van der Waals surface area contributed by atoms with E-state index in [-0.39, 0.29) is 5.41 Å². The van der Waals surface area contributed by atoms with E-state index in [4.69, 9.17) is 0 Å². The Balaban J connectivity index is 2.71. The second-order valence-corrected chi connectivity index (χ2v) is 6.67. The highest BCUT2D eigenvalue weighted by Crippen LogP contribution is 2.27. The quantitative estimate of drug-likeness (QED) is 0.669. The van der Waals surface area contributed by atoms with E-state index in [1.165, 1.54) is 19.3 Å². The number of hydrogen-bond donors (Lipinski definition) is 1. The third-order valence-electron chi connectivity index (χ3n) is 3.65. The average Bonchev–Trinajstić information content (AvgIpc) is 2.76. The van der Waals surface area contributed by atoms with Gasteiger partial charge in [0.15, 0.2) is 0 Å². The standard InChI is InChI=1S/C16H32N4/c1-6-8-16(5,12-17-9-7-2)10-15-18-13-19-20(15)11-14(3)4/h13-14,17H,6-12H2,1-5H3. The van der Waals surface area contributed by atoms with Gasteiger partial charge in [-0.3, -0.25) is 0 Å². The van der Waals surface area contributed by atoms with Crippen molar-refractivity contribution in [3.63, 3.8) is 0 Å². The molecule has 1 aromatic rings. The topological polar surface area (TPSA) is 42.7 Å². The van der Waals surface area contributed by atoms with Gasteiger partial charge in [0.05, 0.1) is 0 Å². The molecule has 1 heterocycles. The van der Waals surface area contributed by atoms with Crippen molar-refractivity contribution in [2.45, 2.75) is 66.8 Å². The molecule has 0 spiro atoms. The predicted molar refractivity (Wildman–Crippen MR) is 84.7 cm³/mol. The van der Waals surface area contributed by atoms with Gasteiger partial charge in [-0.1, -0.05) is 41.0 Å². The first kappa shape index (κ1) is 17.2. The maximum Gasteiger partial charge on any atom is 0.138 e. The lowest BCUT2D eigenvalue weighted by Crippen LogP contribution is -2.35. The van der Waals surface area contributed by atoms with Crippen LogP contribution in [0.1, 0.15) is 59.7 Å². The van der Waals surface area contributed by atoms with Crippen molar-refractivity contribution in [3.05, 3.63) is 12.2 Å². The lowest BCUT2D eigenvalue weighted by molar-refractivity contribution is 0.263. The zero-order valence-electron chi connectivity index (χ0n) is 13.9. The van der Waals surface area contributed by atoms with Crippen molar-refractivity contribution in [2.75, 3.05) is 13.1 Å². The van der Waals surface area contributed by atoms with Gasteiger partial charge in [-0.15, -0.1) is 0 Å². The van der Waals surface area contributed by atoms with E-state index >= 15 is 0 Å². The van der Waals surface area contributed by atoms with Crippen LogP contribution >= 0.6 is 0 Å². The molecule has 1 atom stereocenters. The van der Waals surface area contributed by atoms with Gasteiger partial charge in [-0.2, -0.15) is 5.10 Å². The molecule has 0 saturated carbocycles. The maximum absolute atomic E-state index is 4.49. The fraction of sp³-hybridized carbons (Fsp3) is 0.875. The highest BCUT2D eigenvalue weighted by atomic mass is 15.3. The smallest absolute Gasteiger partial charge is 0.138 e. The number of hydrogen-bond acceptors (Lipinski definition) is 3. The molecule has 0 aliphatic carbocycles. The van der Waals surface area contributed by atoms with Gasteiger partial charge in [0.25, 0.3) is 0 Å². The summed E-state index contributed by atoms with van der Waals surface area (Å²) in [5.74, 6) is 1.74. The Hall–Kier alpha value is -0.900. The molecular formula is C16H32N4. The molecule has 0 amide bonds. The van der Waals surface area contributed by atoms with Gasteiger partial charge in [-0.05, 0) is 30.7 Å². The molecule has 1 rings (SSSR count). The van der Waals surface area contributed by atoms with E-state index in [0.29, 0.717) is 5.92 Å². The van der Waals surface area contributed by atoms with Crippen LogP contribution in [0.2, 0.25) is 0 Å². The average molecular weight is 280 g/mol. The summed E-state index contributed by atoms with van der Waals surface area (Å²) in [5, 5.41) is 7.96. The molecule has 4 nitrogen and oxygen atoms in total. The van der Waals surface area contributed by atoms with Crippen molar-refractivity contribution in [1.82, 2.24) is 20.1 Å². The first-order valence-electron chi connectivity index (χ1n) is 8.08. The Bertz CT molecular complexity index is 372. The van der Waals surface area contributed by atoms with E-state index in [1.54, 1.807) is 6.33 Å². The molecule has 0 fully saturated rings. The minimum atomic E-state index is 0.270. The third-order valence-corrected chi connectivity index (χ3v) is 3.65. The van der Waals surface area contributed by atoms with Gasteiger partial charge in [0, 0.05) is 19.5 Å². The van der Waals surface area contributed by atoms with Crippen LogP contribution in [0.5, 0.6) is 0 Å². The lowest BCUT2D eigenvalue weighted by atomic mass is 9.81.